The van der Waals surface area contributed by atoms with Crippen molar-refractivity contribution in [2.24, 2.45) is 0 Å². The highest BCUT2D eigenvalue weighted by Crippen LogP contribution is 2.37. The lowest BCUT2D eigenvalue weighted by Gasteiger charge is -2.11. The maximum Gasteiger partial charge on any atom is 0.298 e. The van der Waals surface area contributed by atoms with E-state index >= 15 is 0 Å². The van der Waals surface area contributed by atoms with E-state index in [1.165, 1.54) is 0 Å². The molecule has 2 aromatic rings. The van der Waals surface area contributed by atoms with Crippen molar-refractivity contribution in [2.75, 3.05) is 11.5 Å². The second kappa shape index (κ2) is 7.55. The second-order valence-electron chi connectivity index (χ2n) is 4.98. The van der Waals surface area contributed by atoms with Gasteiger partial charge >= 0.3 is 0 Å². The molecule has 1 heterocycles. The number of ether oxygens (including phenoxy) is 1. The molecule has 25 heavy (non-hydrogen) atoms. The van der Waals surface area contributed by atoms with Gasteiger partial charge in [0.25, 0.3) is 11.1 Å². The number of hydrogen-bond donors (Lipinski definition) is 0. The van der Waals surface area contributed by atoms with Crippen molar-refractivity contribution in [1.82, 2.24) is 0 Å². The third-order valence-corrected chi connectivity index (χ3v) is 4.72. The molecule has 5 nitrogen and oxygen atoms in total. The van der Waals surface area contributed by atoms with Crippen molar-refractivity contribution in [2.45, 2.75) is 0 Å². The van der Waals surface area contributed by atoms with Gasteiger partial charge in [0.2, 0.25) is 0 Å². The van der Waals surface area contributed by atoms with Crippen molar-refractivity contribution < 1.29 is 14.3 Å². The van der Waals surface area contributed by atoms with Crippen LogP contribution in [0.15, 0.2) is 57.9 Å². The number of para-hydroxylation sites is 1. The van der Waals surface area contributed by atoms with Crippen LogP contribution in [0.5, 0.6) is 5.75 Å². The van der Waals surface area contributed by atoms with Gasteiger partial charge < -0.3 is 4.74 Å². The molecule has 1 aliphatic heterocycles. The van der Waals surface area contributed by atoms with Gasteiger partial charge in [0.05, 0.1) is 10.6 Å². The first-order valence-electron chi connectivity index (χ1n) is 7.22. The molecule has 0 radical (unpaired) electrons. The standard InChI is InChI=1S/C18H11BrN2O3S/c19-13-6-7-15(24-9-8-20)12(10-13)11-16-17(22)21(18(23)25-16)14-4-2-1-3-5-14/h1-7,10-11H,9H2/b16-11-. The Labute approximate surface area is 157 Å². The Hall–Kier alpha value is -2.56. The van der Waals surface area contributed by atoms with Gasteiger partial charge in [-0.25, -0.2) is 4.90 Å². The largest absolute Gasteiger partial charge is 0.478 e. The quantitative estimate of drug-likeness (QED) is 0.683. The summed E-state index contributed by atoms with van der Waals surface area (Å²) < 4.78 is 6.18. The summed E-state index contributed by atoms with van der Waals surface area (Å²) in [7, 11) is 0. The lowest BCUT2D eigenvalue weighted by molar-refractivity contribution is -0.113. The van der Waals surface area contributed by atoms with Crippen LogP contribution in [-0.2, 0) is 4.79 Å². The molecule has 1 aliphatic rings. The maximum atomic E-state index is 12.6. The summed E-state index contributed by atoms with van der Waals surface area (Å²) in [5, 5.41) is 8.34. The molecule has 0 spiro atoms. The molecule has 3 rings (SSSR count). The van der Waals surface area contributed by atoms with E-state index in [-0.39, 0.29) is 17.8 Å². The molecule has 0 aromatic heterocycles. The first kappa shape index (κ1) is 17.3. The fourth-order valence-electron chi connectivity index (χ4n) is 2.28. The fourth-order valence-corrected chi connectivity index (χ4v) is 3.49. The summed E-state index contributed by atoms with van der Waals surface area (Å²) in [6, 6.07) is 15.9. The smallest absolute Gasteiger partial charge is 0.298 e. The van der Waals surface area contributed by atoms with E-state index in [0.29, 0.717) is 21.9 Å². The molecule has 0 aliphatic carbocycles. The van der Waals surface area contributed by atoms with Gasteiger partial charge in [-0.05, 0) is 48.2 Å². The molecule has 0 bridgehead atoms. The van der Waals surface area contributed by atoms with E-state index in [1.54, 1.807) is 48.5 Å². The fraction of sp³-hybridized carbons (Fsp3) is 0.0556. The predicted octanol–water partition coefficient (Wildman–Crippen LogP) is 4.59. The van der Waals surface area contributed by atoms with Crippen molar-refractivity contribution in [3.8, 4) is 11.8 Å². The SMILES string of the molecule is N#CCOc1ccc(Br)cc1/C=C1\SC(=O)N(c2ccccc2)C1=O. The molecule has 0 saturated carbocycles. The van der Waals surface area contributed by atoms with E-state index in [0.717, 1.165) is 21.1 Å². The van der Waals surface area contributed by atoms with Gasteiger partial charge in [0, 0.05) is 10.0 Å². The molecule has 2 amide bonds. The zero-order valence-corrected chi connectivity index (χ0v) is 15.2. The Morgan fingerprint density at radius 3 is 2.68 bits per heavy atom. The zero-order chi connectivity index (χ0) is 17.8. The zero-order valence-electron chi connectivity index (χ0n) is 12.8. The van der Waals surface area contributed by atoms with Crippen molar-refractivity contribution in [1.29, 1.82) is 5.26 Å². The Morgan fingerprint density at radius 1 is 1.20 bits per heavy atom. The maximum absolute atomic E-state index is 12.6. The number of nitrogens with zero attached hydrogens (tertiary/aromatic N) is 2. The predicted molar refractivity (Wildman–Crippen MR) is 100 cm³/mol. The van der Waals surface area contributed by atoms with E-state index in [9.17, 15) is 9.59 Å². The van der Waals surface area contributed by atoms with Crippen molar-refractivity contribution >= 4 is 50.6 Å². The monoisotopic (exact) mass is 414 g/mol. The minimum absolute atomic E-state index is 0.103. The molecule has 2 aromatic carbocycles. The number of imide groups is 1. The van der Waals surface area contributed by atoms with E-state index in [2.05, 4.69) is 15.9 Å². The molecular weight excluding hydrogens is 404 g/mol. The highest BCUT2D eigenvalue weighted by Gasteiger charge is 2.36. The molecule has 0 atom stereocenters. The van der Waals surface area contributed by atoms with Crippen molar-refractivity contribution in [3.63, 3.8) is 0 Å². The summed E-state index contributed by atoms with van der Waals surface area (Å²) in [6.07, 6.45) is 1.60. The van der Waals surface area contributed by atoms with Gasteiger partial charge in [-0.1, -0.05) is 34.1 Å². The van der Waals surface area contributed by atoms with Crippen LogP contribution >= 0.6 is 27.7 Å². The molecule has 0 N–H and O–H groups in total. The van der Waals surface area contributed by atoms with Crippen LogP contribution in [0.3, 0.4) is 0 Å². The summed E-state index contributed by atoms with van der Waals surface area (Å²) in [6.45, 7) is -0.103. The average Bonchev–Trinajstić information content (AvgIpc) is 2.88. The van der Waals surface area contributed by atoms with Crippen LogP contribution in [0.4, 0.5) is 10.5 Å². The van der Waals surface area contributed by atoms with Crippen LogP contribution in [-0.4, -0.2) is 17.8 Å². The number of amides is 2. The summed E-state index contributed by atoms with van der Waals surface area (Å²) in [5.74, 6) is 0.0867. The Morgan fingerprint density at radius 2 is 1.96 bits per heavy atom. The minimum atomic E-state index is -0.382. The number of nitriles is 1. The first-order chi connectivity index (χ1) is 12.1. The Kier molecular flexibility index (Phi) is 5.22. The molecule has 124 valence electrons. The molecule has 1 fully saturated rings. The highest BCUT2D eigenvalue weighted by molar-refractivity contribution is 9.10. The minimum Gasteiger partial charge on any atom is -0.478 e. The first-order valence-corrected chi connectivity index (χ1v) is 8.83. The van der Waals surface area contributed by atoms with Crippen LogP contribution in [0, 0.1) is 11.3 Å². The number of halogens is 1. The topological polar surface area (TPSA) is 70.4 Å². The summed E-state index contributed by atoms with van der Waals surface area (Å²) >= 11 is 4.24. The normalized spacial score (nSPS) is 15.5. The number of rotatable bonds is 4. The average molecular weight is 415 g/mol. The number of carbonyl (C=O) groups is 2. The number of hydrogen-bond acceptors (Lipinski definition) is 5. The third-order valence-electron chi connectivity index (χ3n) is 3.36. The Balaban J connectivity index is 1.95. The van der Waals surface area contributed by atoms with Crippen molar-refractivity contribution in [3.05, 3.63) is 63.5 Å². The van der Waals surface area contributed by atoms with E-state index in [1.807, 2.05) is 12.1 Å². The molecular formula is C18H11BrN2O3S. The van der Waals surface area contributed by atoms with E-state index in [4.69, 9.17) is 10.00 Å². The van der Waals surface area contributed by atoms with Gasteiger partial charge in [-0.2, -0.15) is 5.26 Å². The van der Waals surface area contributed by atoms with Gasteiger partial charge in [0.1, 0.15) is 11.8 Å². The van der Waals surface area contributed by atoms with Crippen LogP contribution in [0.25, 0.3) is 6.08 Å². The second-order valence-corrected chi connectivity index (χ2v) is 6.89. The van der Waals surface area contributed by atoms with Gasteiger partial charge in [-0.3, -0.25) is 9.59 Å². The number of carbonyl (C=O) groups excluding carboxylic acids is 2. The number of thioether (sulfide) groups is 1. The molecule has 0 unspecified atom stereocenters. The van der Waals surface area contributed by atoms with Crippen LogP contribution in [0.1, 0.15) is 5.56 Å². The molecule has 1 saturated heterocycles. The lowest BCUT2D eigenvalue weighted by Crippen LogP contribution is -2.27. The summed E-state index contributed by atoms with van der Waals surface area (Å²) in [4.78, 5) is 26.3. The molecule has 7 heteroatoms. The highest BCUT2D eigenvalue weighted by atomic mass is 79.9. The number of benzene rings is 2. The number of anilines is 1. The lowest BCUT2D eigenvalue weighted by atomic mass is 10.2. The third kappa shape index (κ3) is 3.76. The Bertz CT molecular complexity index is 906. The van der Waals surface area contributed by atoms with Gasteiger partial charge in [0.15, 0.2) is 6.61 Å². The van der Waals surface area contributed by atoms with Gasteiger partial charge in [-0.15, -0.1) is 0 Å². The van der Waals surface area contributed by atoms with E-state index < -0.39 is 0 Å². The summed E-state index contributed by atoms with van der Waals surface area (Å²) in [5.41, 5.74) is 1.15. The van der Waals surface area contributed by atoms with Crippen LogP contribution < -0.4 is 9.64 Å². The van der Waals surface area contributed by atoms with Crippen LogP contribution in [0.2, 0.25) is 0 Å².